The number of hydrogen-bond donors (Lipinski definition) is 1. The van der Waals surface area contributed by atoms with Gasteiger partial charge in [-0.05, 0) is 67.9 Å². The molecule has 1 aliphatic heterocycles. The first kappa shape index (κ1) is 16.9. The summed E-state index contributed by atoms with van der Waals surface area (Å²) in [6.45, 7) is 9.57. The second-order valence-electron chi connectivity index (χ2n) is 9.70. The number of ether oxygens (including phenoxy) is 1. The van der Waals surface area contributed by atoms with E-state index < -0.39 is 5.97 Å². The van der Waals surface area contributed by atoms with Crippen molar-refractivity contribution in [1.29, 1.82) is 0 Å². The highest BCUT2D eigenvalue weighted by Crippen LogP contribution is 2.64. The Bertz CT molecular complexity index is 722. The zero-order valence-corrected chi connectivity index (χ0v) is 15.9. The molecule has 1 N–H and O–H groups in total. The first-order valence-electron chi connectivity index (χ1n) is 9.72. The van der Waals surface area contributed by atoms with Crippen molar-refractivity contribution in [3.8, 4) is 5.75 Å². The fourth-order valence-electron chi connectivity index (χ4n) is 6.70. The van der Waals surface area contributed by atoms with Crippen molar-refractivity contribution in [3.05, 3.63) is 29.3 Å². The molecule has 0 bridgehead atoms. The van der Waals surface area contributed by atoms with Crippen LogP contribution in [0.4, 0.5) is 0 Å². The largest absolute Gasteiger partial charge is 0.487 e. The van der Waals surface area contributed by atoms with E-state index in [1.807, 2.05) is 12.1 Å². The van der Waals surface area contributed by atoms with Crippen molar-refractivity contribution in [2.75, 3.05) is 0 Å². The molecular formula is C22H30O3. The van der Waals surface area contributed by atoms with Crippen LogP contribution >= 0.6 is 0 Å². The standard InChI is InChI=1S/C22H30O3/c1-20(2)10-6-11-21(3)17(20)9-12-22(4)18(21)13-15-14(19(23)24)7-5-8-16(15)25-22/h5,7-8,17-18H,6,9-13H2,1-4H3,(H,23,24)/t17-,18+,21-,22-/m0/s1. The molecule has 0 spiro atoms. The third-order valence-electron chi connectivity index (χ3n) is 7.85. The van der Waals surface area contributed by atoms with E-state index in [4.69, 9.17) is 4.74 Å². The summed E-state index contributed by atoms with van der Waals surface area (Å²) in [6.07, 6.45) is 6.91. The average molecular weight is 342 g/mol. The van der Waals surface area contributed by atoms with Gasteiger partial charge in [-0.25, -0.2) is 4.79 Å². The first-order chi connectivity index (χ1) is 11.7. The van der Waals surface area contributed by atoms with Gasteiger partial charge in [0.05, 0.1) is 5.56 Å². The van der Waals surface area contributed by atoms with E-state index in [1.54, 1.807) is 6.07 Å². The molecule has 2 aliphatic carbocycles. The minimum atomic E-state index is -0.842. The molecule has 1 heterocycles. The maximum absolute atomic E-state index is 11.7. The van der Waals surface area contributed by atoms with Gasteiger partial charge in [0, 0.05) is 11.5 Å². The lowest BCUT2D eigenvalue weighted by atomic mass is 9.44. The highest BCUT2D eigenvalue weighted by atomic mass is 16.5. The summed E-state index contributed by atoms with van der Waals surface area (Å²) < 4.78 is 6.53. The molecule has 25 heavy (non-hydrogen) atoms. The third-order valence-corrected chi connectivity index (χ3v) is 7.85. The van der Waals surface area contributed by atoms with Crippen LogP contribution in [0.5, 0.6) is 5.75 Å². The van der Waals surface area contributed by atoms with Gasteiger partial charge in [-0.2, -0.15) is 0 Å². The van der Waals surface area contributed by atoms with E-state index in [-0.39, 0.29) is 11.0 Å². The van der Waals surface area contributed by atoms with Crippen LogP contribution in [0.3, 0.4) is 0 Å². The zero-order valence-electron chi connectivity index (χ0n) is 15.9. The molecule has 0 amide bonds. The Labute approximate surface area is 150 Å². The van der Waals surface area contributed by atoms with E-state index in [9.17, 15) is 9.90 Å². The van der Waals surface area contributed by atoms with Gasteiger partial charge in [-0.1, -0.05) is 33.3 Å². The Morgan fingerprint density at radius 2 is 1.88 bits per heavy atom. The maximum atomic E-state index is 11.7. The van der Waals surface area contributed by atoms with Crippen molar-refractivity contribution in [2.24, 2.45) is 22.7 Å². The maximum Gasteiger partial charge on any atom is 0.336 e. The molecule has 4 atom stereocenters. The lowest BCUT2D eigenvalue weighted by molar-refractivity contribution is -0.162. The monoisotopic (exact) mass is 342 g/mol. The average Bonchev–Trinajstić information content (AvgIpc) is 2.51. The van der Waals surface area contributed by atoms with Gasteiger partial charge in [0.15, 0.2) is 0 Å². The molecule has 0 saturated heterocycles. The lowest BCUT2D eigenvalue weighted by Crippen LogP contribution is -2.61. The molecule has 0 unspecified atom stereocenters. The van der Waals surface area contributed by atoms with Gasteiger partial charge in [-0.3, -0.25) is 0 Å². The summed E-state index contributed by atoms with van der Waals surface area (Å²) in [6, 6.07) is 5.48. The lowest BCUT2D eigenvalue weighted by Gasteiger charge is -2.63. The van der Waals surface area contributed by atoms with Gasteiger partial charge in [0.1, 0.15) is 11.4 Å². The van der Waals surface area contributed by atoms with Crippen molar-refractivity contribution < 1.29 is 14.6 Å². The Hall–Kier alpha value is -1.51. The van der Waals surface area contributed by atoms with Crippen LogP contribution in [0.15, 0.2) is 18.2 Å². The molecule has 0 radical (unpaired) electrons. The van der Waals surface area contributed by atoms with Gasteiger partial charge >= 0.3 is 5.97 Å². The van der Waals surface area contributed by atoms with Crippen LogP contribution in [-0.2, 0) is 6.42 Å². The van der Waals surface area contributed by atoms with Gasteiger partial charge < -0.3 is 9.84 Å². The van der Waals surface area contributed by atoms with Gasteiger partial charge in [0.25, 0.3) is 0 Å². The first-order valence-corrected chi connectivity index (χ1v) is 9.72. The number of carbonyl (C=O) groups is 1. The second-order valence-corrected chi connectivity index (χ2v) is 9.70. The third kappa shape index (κ3) is 2.34. The fraction of sp³-hybridized carbons (Fsp3) is 0.682. The summed E-state index contributed by atoms with van der Waals surface area (Å²) in [5, 5.41) is 9.63. The molecule has 136 valence electrons. The normalized spacial score (nSPS) is 38.7. The van der Waals surface area contributed by atoms with E-state index >= 15 is 0 Å². The highest BCUT2D eigenvalue weighted by Gasteiger charge is 2.60. The van der Waals surface area contributed by atoms with E-state index in [0.29, 0.717) is 22.8 Å². The quantitative estimate of drug-likeness (QED) is 0.751. The zero-order chi connectivity index (χ0) is 18.0. The summed E-state index contributed by atoms with van der Waals surface area (Å²) >= 11 is 0. The molecule has 3 nitrogen and oxygen atoms in total. The van der Waals surface area contributed by atoms with Gasteiger partial charge in [-0.15, -0.1) is 0 Å². The van der Waals surface area contributed by atoms with Crippen molar-refractivity contribution in [2.45, 2.75) is 71.8 Å². The van der Waals surface area contributed by atoms with E-state index in [2.05, 4.69) is 27.7 Å². The van der Waals surface area contributed by atoms with Crippen LogP contribution in [0.25, 0.3) is 0 Å². The Balaban J connectivity index is 1.81. The number of carboxylic acid groups (broad SMARTS) is 1. The van der Waals surface area contributed by atoms with Crippen LogP contribution in [-0.4, -0.2) is 16.7 Å². The number of aromatic carboxylic acids is 1. The topological polar surface area (TPSA) is 46.5 Å². The van der Waals surface area contributed by atoms with Gasteiger partial charge in [0.2, 0.25) is 0 Å². The molecule has 3 aliphatic rings. The van der Waals surface area contributed by atoms with Crippen LogP contribution < -0.4 is 4.74 Å². The molecule has 4 rings (SSSR count). The molecule has 1 aromatic carbocycles. The Morgan fingerprint density at radius 3 is 2.60 bits per heavy atom. The minimum Gasteiger partial charge on any atom is -0.487 e. The predicted molar refractivity (Wildman–Crippen MR) is 98.1 cm³/mol. The predicted octanol–water partition coefficient (Wildman–Crippen LogP) is 5.32. The minimum absolute atomic E-state index is 0.178. The SMILES string of the molecule is CC1(C)CCC[C@]2(C)[C@H]3Cc4c(cccc4C(=O)O)O[C@@]3(C)CC[C@@H]12. The van der Waals surface area contributed by atoms with Crippen LogP contribution in [0.2, 0.25) is 0 Å². The number of benzene rings is 1. The van der Waals surface area contributed by atoms with Crippen LogP contribution in [0, 0.1) is 22.7 Å². The summed E-state index contributed by atoms with van der Waals surface area (Å²) in [7, 11) is 0. The molecule has 2 saturated carbocycles. The fourth-order valence-corrected chi connectivity index (χ4v) is 6.70. The Morgan fingerprint density at radius 1 is 1.12 bits per heavy atom. The van der Waals surface area contributed by atoms with Crippen molar-refractivity contribution in [3.63, 3.8) is 0 Å². The Kier molecular flexibility index (Phi) is 3.55. The number of hydrogen-bond acceptors (Lipinski definition) is 2. The molecule has 3 heteroatoms. The molecule has 0 aromatic heterocycles. The smallest absolute Gasteiger partial charge is 0.336 e. The van der Waals surface area contributed by atoms with Crippen LogP contribution in [0.1, 0.15) is 75.7 Å². The van der Waals surface area contributed by atoms with E-state index in [1.165, 1.54) is 25.7 Å². The molecular weight excluding hydrogens is 312 g/mol. The number of fused-ring (bicyclic) bond motifs is 4. The van der Waals surface area contributed by atoms with Crippen molar-refractivity contribution >= 4 is 5.97 Å². The summed E-state index contributed by atoms with van der Waals surface area (Å²) in [5.41, 5.74) is 1.73. The molecule has 1 aromatic rings. The number of rotatable bonds is 1. The number of carboxylic acids is 1. The summed E-state index contributed by atoms with van der Waals surface area (Å²) in [5.74, 6) is 1.02. The summed E-state index contributed by atoms with van der Waals surface area (Å²) in [4.78, 5) is 11.7. The van der Waals surface area contributed by atoms with E-state index in [0.717, 1.165) is 24.2 Å². The highest BCUT2D eigenvalue weighted by molar-refractivity contribution is 5.90. The van der Waals surface area contributed by atoms with Crippen molar-refractivity contribution in [1.82, 2.24) is 0 Å². The second kappa shape index (κ2) is 5.25. The molecule has 2 fully saturated rings.